The second-order valence-electron chi connectivity index (χ2n) is 8.20. The Morgan fingerprint density at radius 3 is 2.58 bits per heavy atom. The van der Waals surface area contributed by atoms with Gasteiger partial charge in [-0.2, -0.15) is 0 Å². The number of carboxylic acid groups (broad SMARTS) is 1. The molecule has 2 atom stereocenters. The zero-order chi connectivity index (χ0) is 23.2. The average Bonchev–Trinajstić information content (AvgIpc) is 3.28. The van der Waals surface area contributed by atoms with Gasteiger partial charge in [0.15, 0.2) is 0 Å². The maximum absolute atomic E-state index is 10.9. The molecule has 1 unspecified atom stereocenters. The summed E-state index contributed by atoms with van der Waals surface area (Å²) < 4.78 is 5.76. The first-order chi connectivity index (χ1) is 16.0. The quantitative estimate of drug-likeness (QED) is 0.272. The summed E-state index contributed by atoms with van der Waals surface area (Å²) in [5.41, 5.74) is 3.92. The van der Waals surface area contributed by atoms with Crippen LogP contribution in [0, 0.1) is 5.92 Å². The number of carbonyl (C=O) groups is 1. The Labute approximate surface area is 192 Å². The molecule has 0 saturated heterocycles. The molecule has 0 fully saturated rings. The van der Waals surface area contributed by atoms with Gasteiger partial charge in [-0.05, 0) is 61.2 Å². The van der Waals surface area contributed by atoms with E-state index in [1.54, 1.807) is 13.3 Å². The molecule has 4 aromatic rings. The Morgan fingerprint density at radius 2 is 1.85 bits per heavy atom. The Balaban J connectivity index is 1.43. The van der Waals surface area contributed by atoms with Crippen molar-refractivity contribution in [3.63, 3.8) is 0 Å². The van der Waals surface area contributed by atoms with Crippen molar-refractivity contribution in [2.75, 3.05) is 11.9 Å². The number of hydrogen-bond donors (Lipinski definition) is 3. The number of aliphatic carboxylic acids is 1. The van der Waals surface area contributed by atoms with Gasteiger partial charge in [0.25, 0.3) is 0 Å². The molecule has 0 bridgehead atoms. The van der Waals surface area contributed by atoms with E-state index in [0.717, 1.165) is 33.9 Å². The van der Waals surface area contributed by atoms with Gasteiger partial charge in [-0.25, -0.2) is 9.97 Å². The fraction of sp³-hybridized carbons (Fsp3) is 0.269. The summed E-state index contributed by atoms with van der Waals surface area (Å²) in [4.78, 5) is 23.1. The number of hydrogen-bond acceptors (Lipinski definition) is 5. The molecule has 0 aliphatic rings. The van der Waals surface area contributed by atoms with Crippen LogP contribution in [-0.4, -0.2) is 32.6 Å². The zero-order valence-electron chi connectivity index (χ0n) is 18.8. The molecule has 0 spiro atoms. The molecule has 0 aliphatic heterocycles. The van der Waals surface area contributed by atoms with E-state index in [4.69, 9.17) is 9.84 Å². The fourth-order valence-electron chi connectivity index (χ4n) is 3.67. The second kappa shape index (κ2) is 10.2. The van der Waals surface area contributed by atoms with E-state index in [2.05, 4.69) is 45.4 Å². The summed E-state index contributed by atoms with van der Waals surface area (Å²) in [6, 6.07) is 20.2. The van der Waals surface area contributed by atoms with Gasteiger partial charge in [0.1, 0.15) is 23.5 Å². The van der Waals surface area contributed by atoms with Crippen molar-refractivity contribution >= 4 is 22.8 Å². The van der Waals surface area contributed by atoms with Crippen molar-refractivity contribution in [2.24, 2.45) is 5.92 Å². The number of ether oxygens (including phenoxy) is 1. The molecule has 3 N–H and O–H groups in total. The topological polar surface area (TPSA) is 100 Å². The lowest BCUT2D eigenvalue weighted by atomic mass is 10.1. The molecule has 7 nitrogen and oxygen atoms in total. The lowest BCUT2D eigenvalue weighted by Crippen LogP contribution is -2.10. The summed E-state index contributed by atoms with van der Waals surface area (Å²) in [6.07, 6.45) is 2.86. The van der Waals surface area contributed by atoms with E-state index >= 15 is 0 Å². The van der Waals surface area contributed by atoms with Crippen LogP contribution in [0.15, 0.2) is 67.0 Å². The highest BCUT2D eigenvalue weighted by Crippen LogP contribution is 2.29. The van der Waals surface area contributed by atoms with Crippen LogP contribution in [0.2, 0.25) is 0 Å². The Hall–Kier alpha value is -3.87. The second-order valence-corrected chi connectivity index (χ2v) is 8.20. The largest absolute Gasteiger partial charge is 0.494 e. The molecule has 33 heavy (non-hydrogen) atoms. The number of anilines is 1. The van der Waals surface area contributed by atoms with Crippen LogP contribution in [0.25, 0.3) is 22.3 Å². The molecule has 0 radical (unpaired) electrons. The number of aromatic amines is 1. The number of nitrogens with one attached hydrogen (secondary N) is 2. The molecular formula is C26H28N4O3. The van der Waals surface area contributed by atoms with Crippen molar-refractivity contribution in [1.29, 1.82) is 0 Å². The average molecular weight is 445 g/mol. The van der Waals surface area contributed by atoms with Gasteiger partial charge in [0.2, 0.25) is 0 Å². The SMILES string of the molecule is CC(Nc1ncnc2[nH]c(-c3ccc(OCCC[C@@H](C)C(=O)O)cc3)cc12)c1ccccc1. The van der Waals surface area contributed by atoms with E-state index in [9.17, 15) is 4.79 Å². The number of H-pyrrole nitrogens is 1. The van der Waals surface area contributed by atoms with Crippen molar-refractivity contribution in [3.8, 4) is 17.0 Å². The number of fused-ring (bicyclic) bond motifs is 1. The first-order valence-electron chi connectivity index (χ1n) is 11.1. The number of benzene rings is 2. The minimum absolute atomic E-state index is 0.109. The predicted octanol–water partition coefficient (Wildman–Crippen LogP) is 5.68. The smallest absolute Gasteiger partial charge is 0.306 e. The standard InChI is InChI=1S/C26H28N4O3/c1-17(26(31)32)7-6-14-33-21-12-10-20(11-13-21)23-15-22-24(27-16-28-25(22)30-23)29-18(2)19-8-4-3-5-9-19/h3-5,8-13,15-18H,6-7,14H2,1-2H3,(H,31,32)(H2,27,28,29,30)/t17-,18?/m1/s1. The molecule has 0 saturated carbocycles. The van der Waals surface area contributed by atoms with Gasteiger partial charge < -0.3 is 20.1 Å². The van der Waals surface area contributed by atoms with Gasteiger partial charge in [-0.1, -0.05) is 37.3 Å². The van der Waals surface area contributed by atoms with Crippen LogP contribution in [0.1, 0.15) is 38.3 Å². The summed E-state index contributed by atoms with van der Waals surface area (Å²) in [5, 5.41) is 13.4. The third-order valence-corrected chi connectivity index (χ3v) is 5.72. The third-order valence-electron chi connectivity index (χ3n) is 5.72. The number of rotatable bonds is 10. The number of nitrogens with zero attached hydrogens (tertiary/aromatic N) is 2. The van der Waals surface area contributed by atoms with Gasteiger partial charge in [0.05, 0.1) is 17.9 Å². The Morgan fingerprint density at radius 1 is 1.09 bits per heavy atom. The molecule has 4 rings (SSSR count). The normalized spacial score (nSPS) is 12.9. The van der Waals surface area contributed by atoms with Crippen LogP contribution in [0.4, 0.5) is 5.82 Å². The van der Waals surface area contributed by atoms with Crippen LogP contribution in [-0.2, 0) is 4.79 Å². The van der Waals surface area contributed by atoms with Crippen LogP contribution >= 0.6 is 0 Å². The van der Waals surface area contributed by atoms with Gasteiger partial charge >= 0.3 is 5.97 Å². The maximum Gasteiger partial charge on any atom is 0.306 e. The van der Waals surface area contributed by atoms with Gasteiger partial charge in [0, 0.05) is 11.7 Å². The van der Waals surface area contributed by atoms with Gasteiger partial charge in [-0.15, -0.1) is 0 Å². The lowest BCUT2D eigenvalue weighted by molar-refractivity contribution is -0.141. The van der Waals surface area contributed by atoms with Crippen molar-refractivity contribution < 1.29 is 14.6 Å². The maximum atomic E-state index is 10.9. The van der Waals surface area contributed by atoms with Crippen molar-refractivity contribution in [2.45, 2.75) is 32.7 Å². The van der Waals surface area contributed by atoms with Crippen molar-refractivity contribution in [3.05, 3.63) is 72.6 Å². The van der Waals surface area contributed by atoms with Crippen LogP contribution in [0.5, 0.6) is 5.75 Å². The third kappa shape index (κ3) is 5.49. The first-order valence-corrected chi connectivity index (χ1v) is 11.1. The molecule has 2 aromatic carbocycles. The van der Waals surface area contributed by atoms with Crippen LogP contribution in [0.3, 0.4) is 0 Å². The number of carboxylic acids is 1. The van der Waals surface area contributed by atoms with E-state index in [1.807, 2.05) is 42.5 Å². The van der Waals surface area contributed by atoms with E-state index < -0.39 is 5.97 Å². The summed E-state index contributed by atoms with van der Waals surface area (Å²) in [5.74, 6) is 0.428. The van der Waals surface area contributed by atoms with E-state index in [1.165, 1.54) is 5.56 Å². The highest BCUT2D eigenvalue weighted by Gasteiger charge is 2.13. The molecule has 2 aromatic heterocycles. The molecule has 2 heterocycles. The highest BCUT2D eigenvalue weighted by molar-refractivity contribution is 5.91. The molecule has 7 heteroatoms. The van der Waals surface area contributed by atoms with E-state index in [0.29, 0.717) is 19.4 Å². The monoisotopic (exact) mass is 444 g/mol. The Bertz CT molecular complexity index is 1210. The fourth-order valence-corrected chi connectivity index (χ4v) is 3.67. The minimum Gasteiger partial charge on any atom is -0.494 e. The minimum atomic E-state index is -0.768. The van der Waals surface area contributed by atoms with Crippen LogP contribution < -0.4 is 10.1 Å². The summed E-state index contributed by atoms with van der Waals surface area (Å²) >= 11 is 0. The summed E-state index contributed by atoms with van der Waals surface area (Å²) in [7, 11) is 0. The Kier molecular flexibility index (Phi) is 6.88. The summed E-state index contributed by atoms with van der Waals surface area (Å²) in [6.45, 7) is 4.32. The lowest BCUT2D eigenvalue weighted by Gasteiger charge is -2.15. The van der Waals surface area contributed by atoms with E-state index in [-0.39, 0.29) is 12.0 Å². The molecular weight excluding hydrogens is 416 g/mol. The molecule has 0 amide bonds. The predicted molar refractivity (Wildman–Crippen MR) is 129 cm³/mol. The zero-order valence-corrected chi connectivity index (χ0v) is 18.8. The molecule has 170 valence electrons. The molecule has 0 aliphatic carbocycles. The van der Waals surface area contributed by atoms with Gasteiger partial charge in [-0.3, -0.25) is 4.79 Å². The number of aromatic nitrogens is 3. The van der Waals surface area contributed by atoms with Crippen molar-refractivity contribution in [1.82, 2.24) is 15.0 Å². The first kappa shape index (κ1) is 22.3. The highest BCUT2D eigenvalue weighted by atomic mass is 16.5.